The Balaban J connectivity index is 2.37. The molecule has 0 saturated heterocycles. The molecular formula is C23H32O5. The summed E-state index contributed by atoms with van der Waals surface area (Å²) in [7, 11) is 0. The molecule has 0 radical (unpaired) electrons. The number of esters is 1. The lowest BCUT2D eigenvalue weighted by atomic mass is 9.57. The van der Waals surface area contributed by atoms with E-state index in [1.807, 2.05) is 13.0 Å². The Morgan fingerprint density at radius 3 is 2.61 bits per heavy atom. The molecule has 0 aromatic heterocycles. The van der Waals surface area contributed by atoms with Crippen LogP contribution in [0.3, 0.4) is 0 Å². The van der Waals surface area contributed by atoms with Crippen LogP contribution in [0, 0.1) is 29.6 Å². The highest BCUT2D eigenvalue weighted by atomic mass is 16.5. The summed E-state index contributed by atoms with van der Waals surface area (Å²) in [5, 5.41) is 19.3. The standard InChI is InChI=1S/C23H32O5/c1-14(11-12-28-17(4)24)22-15(2)13-18-9-10-20(25)16(3)23(18)19(22)7-5-6-8-21(26)27/h5-8,11,13,16,18-20,22-23,25H,9-10,12H2,1-4H3,(H,26,27)/b7-5+,8-6+,14-11?/t16-,18-,19+,20-,22+,23+/m0/s1. The van der Waals surface area contributed by atoms with Gasteiger partial charge in [0.15, 0.2) is 0 Å². The number of carbonyl (C=O) groups is 2. The number of ether oxygens (including phenoxy) is 1. The van der Waals surface area contributed by atoms with Gasteiger partial charge in [-0.05, 0) is 56.4 Å². The molecule has 1 fully saturated rings. The fraction of sp³-hybridized carbons (Fsp3) is 0.565. The summed E-state index contributed by atoms with van der Waals surface area (Å²) in [6.45, 7) is 7.92. The lowest BCUT2D eigenvalue weighted by Gasteiger charge is -2.48. The van der Waals surface area contributed by atoms with Gasteiger partial charge in [0.05, 0.1) is 6.10 Å². The van der Waals surface area contributed by atoms with Crippen molar-refractivity contribution in [1.82, 2.24) is 0 Å². The van der Waals surface area contributed by atoms with E-state index in [1.54, 1.807) is 12.2 Å². The van der Waals surface area contributed by atoms with Crippen LogP contribution in [0.15, 0.2) is 47.6 Å². The number of hydrogen-bond donors (Lipinski definition) is 2. The van der Waals surface area contributed by atoms with Crippen LogP contribution < -0.4 is 0 Å². The van der Waals surface area contributed by atoms with Gasteiger partial charge in [-0.3, -0.25) is 4.79 Å². The topological polar surface area (TPSA) is 83.8 Å². The molecular weight excluding hydrogens is 356 g/mol. The molecule has 0 unspecified atom stereocenters. The minimum atomic E-state index is -0.974. The third-order valence-electron chi connectivity index (χ3n) is 6.17. The molecule has 2 rings (SSSR count). The first-order valence-corrected chi connectivity index (χ1v) is 9.96. The number of rotatable bonds is 6. The average Bonchev–Trinajstić information content (AvgIpc) is 2.60. The predicted molar refractivity (Wildman–Crippen MR) is 108 cm³/mol. The van der Waals surface area contributed by atoms with Crippen molar-refractivity contribution >= 4 is 11.9 Å². The zero-order valence-electron chi connectivity index (χ0n) is 17.2. The molecule has 0 amide bonds. The number of hydrogen-bond acceptors (Lipinski definition) is 4. The lowest BCUT2D eigenvalue weighted by molar-refractivity contribution is -0.139. The first-order valence-electron chi connectivity index (χ1n) is 9.96. The molecule has 0 bridgehead atoms. The zero-order valence-corrected chi connectivity index (χ0v) is 17.2. The van der Waals surface area contributed by atoms with Gasteiger partial charge >= 0.3 is 11.9 Å². The van der Waals surface area contributed by atoms with E-state index in [4.69, 9.17) is 9.84 Å². The van der Waals surface area contributed by atoms with Gasteiger partial charge < -0.3 is 14.9 Å². The number of aliphatic carboxylic acids is 1. The Hall–Kier alpha value is -2.14. The van der Waals surface area contributed by atoms with Gasteiger partial charge in [-0.15, -0.1) is 0 Å². The third-order valence-corrected chi connectivity index (χ3v) is 6.17. The molecule has 1 saturated carbocycles. The monoisotopic (exact) mass is 388 g/mol. The van der Waals surface area contributed by atoms with E-state index >= 15 is 0 Å². The van der Waals surface area contributed by atoms with Crippen molar-refractivity contribution in [2.45, 2.75) is 46.6 Å². The molecule has 2 aliphatic carbocycles. The van der Waals surface area contributed by atoms with Gasteiger partial charge in [0, 0.05) is 18.9 Å². The molecule has 0 aromatic rings. The molecule has 5 nitrogen and oxygen atoms in total. The van der Waals surface area contributed by atoms with Crippen molar-refractivity contribution in [2.75, 3.05) is 6.61 Å². The number of allylic oxidation sites excluding steroid dienone is 6. The summed E-state index contributed by atoms with van der Waals surface area (Å²) in [6, 6.07) is 0. The lowest BCUT2D eigenvalue weighted by Crippen LogP contribution is -2.44. The minimum absolute atomic E-state index is 0.138. The molecule has 0 aromatic carbocycles. The number of carboxylic acids is 1. The fourth-order valence-corrected chi connectivity index (χ4v) is 4.91. The molecule has 28 heavy (non-hydrogen) atoms. The van der Waals surface area contributed by atoms with Crippen molar-refractivity contribution in [1.29, 1.82) is 0 Å². The van der Waals surface area contributed by atoms with Crippen molar-refractivity contribution in [3.8, 4) is 0 Å². The molecule has 0 spiro atoms. The summed E-state index contributed by atoms with van der Waals surface area (Å²) >= 11 is 0. The van der Waals surface area contributed by atoms with Gasteiger partial charge in [0.2, 0.25) is 0 Å². The second kappa shape index (κ2) is 9.87. The fourth-order valence-electron chi connectivity index (χ4n) is 4.91. The molecule has 6 atom stereocenters. The van der Waals surface area contributed by atoms with E-state index in [-0.39, 0.29) is 42.4 Å². The minimum Gasteiger partial charge on any atom is -0.478 e. The van der Waals surface area contributed by atoms with Crippen molar-refractivity contribution < 1.29 is 24.5 Å². The largest absolute Gasteiger partial charge is 0.478 e. The number of aliphatic hydroxyl groups is 1. The summed E-state index contributed by atoms with van der Waals surface area (Å²) in [6.07, 6.45) is 12.3. The van der Waals surface area contributed by atoms with Gasteiger partial charge in [-0.1, -0.05) is 42.4 Å². The highest BCUT2D eigenvalue weighted by Gasteiger charge is 2.44. The second-order valence-electron chi connectivity index (χ2n) is 8.04. The SMILES string of the molecule is CC(=O)OCC=C(C)[C@@H]1C(C)=C[C@@H]2CC[C@H](O)[C@H](C)[C@H]2[C@@H]1/C=C/C=C/C(=O)O. The first-order chi connectivity index (χ1) is 13.2. The third kappa shape index (κ3) is 5.44. The van der Waals surface area contributed by atoms with Crippen LogP contribution in [0.2, 0.25) is 0 Å². The van der Waals surface area contributed by atoms with E-state index in [2.05, 4.69) is 26.0 Å². The second-order valence-corrected chi connectivity index (χ2v) is 8.04. The van der Waals surface area contributed by atoms with Gasteiger partial charge in [-0.2, -0.15) is 0 Å². The Kier molecular flexibility index (Phi) is 7.81. The Morgan fingerprint density at radius 2 is 1.96 bits per heavy atom. The smallest absolute Gasteiger partial charge is 0.328 e. The van der Waals surface area contributed by atoms with E-state index in [0.29, 0.717) is 5.92 Å². The highest BCUT2D eigenvalue weighted by molar-refractivity contribution is 5.80. The summed E-state index contributed by atoms with van der Waals surface area (Å²) in [4.78, 5) is 21.8. The maximum atomic E-state index is 11.1. The maximum absolute atomic E-state index is 11.1. The van der Waals surface area contributed by atoms with E-state index in [9.17, 15) is 14.7 Å². The Morgan fingerprint density at radius 1 is 1.25 bits per heavy atom. The van der Waals surface area contributed by atoms with E-state index in [0.717, 1.165) is 24.5 Å². The quantitative estimate of drug-likeness (QED) is 0.312. The molecule has 2 aliphatic rings. The van der Waals surface area contributed by atoms with Crippen LogP contribution in [0.4, 0.5) is 0 Å². The first kappa shape index (κ1) is 22.2. The van der Waals surface area contributed by atoms with Crippen LogP contribution in [-0.4, -0.2) is 34.9 Å². The number of carboxylic acid groups (broad SMARTS) is 1. The van der Waals surface area contributed by atoms with Crippen molar-refractivity contribution in [2.24, 2.45) is 29.6 Å². The van der Waals surface area contributed by atoms with Gasteiger partial charge in [0.1, 0.15) is 6.61 Å². The molecule has 0 aliphatic heterocycles. The summed E-state index contributed by atoms with van der Waals surface area (Å²) < 4.78 is 5.07. The Bertz CT molecular complexity index is 700. The number of fused-ring (bicyclic) bond motifs is 1. The molecule has 154 valence electrons. The summed E-state index contributed by atoms with van der Waals surface area (Å²) in [5.74, 6) is -0.147. The highest BCUT2D eigenvalue weighted by Crippen LogP contribution is 2.50. The predicted octanol–water partition coefficient (Wildman–Crippen LogP) is 3.91. The average molecular weight is 389 g/mol. The van der Waals surface area contributed by atoms with Crippen LogP contribution in [0.1, 0.15) is 40.5 Å². The number of carbonyl (C=O) groups excluding carboxylic acids is 1. The number of aliphatic hydroxyl groups excluding tert-OH is 1. The maximum Gasteiger partial charge on any atom is 0.328 e. The van der Waals surface area contributed by atoms with Crippen LogP contribution in [0.25, 0.3) is 0 Å². The van der Waals surface area contributed by atoms with Crippen LogP contribution in [0.5, 0.6) is 0 Å². The van der Waals surface area contributed by atoms with E-state index in [1.165, 1.54) is 12.5 Å². The molecule has 0 heterocycles. The molecule has 5 heteroatoms. The normalized spacial score (nSPS) is 33.6. The zero-order chi connectivity index (χ0) is 20.8. The Labute approximate surface area is 167 Å². The molecule has 2 N–H and O–H groups in total. The van der Waals surface area contributed by atoms with Crippen LogP contribution >= 0.6 is 0 Å². The summed E-state index contributed by atoms with van der Waals surface area (Å²) in [5.41, 5.74) is 2.40. The van der Waals surface area contributed by atoms with Gasteiger partial charge in [0.25, 0.3) is 0 Å². The van der Waals surface area contributed by atoms with Crippen LogP contribution in [-0.2, 0) is 14.3 Å². The van der Waals surface area contributed by atoms with Crippen molar-refractivity contribution in [3.63, 3.8) is 0 Å². The van der Waals surface area contributed by atoms with Crippen molar-refractivity contribution in [3.05, 3.63) is 47.6 Å². The van der Waals surface area contributed by atoms with Gasteiger partial charge in [-0.25, -0.2) is 4.79 Å². The van der Waals surface area contributed by atoms with E-state index < -0.39 is 5.97 Å².